The number of hydrogen-bond donors (Lipinski definition) is 2. The molecule has 5 nitrogen and oxygen atoms in total. The van der Waals surface area contributed by atoms with E-state index in [4.69, 9.17) is 5.11 Å². The molecule has 0 aromatic rings. The summed E-state index contributed by atoms with van der Waals surface area (Å²) < 4.78 is 36.3. The fraction of sp³-hybridized carbons (Fsp3) is 0.750. The van der Waals surface area contributed by atoms with Crippen LogP contribution in [-0.2, 0) is 14.3 Å². The van der Waals surface area contributed by atoms with Crippen LogP contribution in [0.5, 0.6) is 0 Å². The first-order chi connectivity index (χ1) is 7.27. The molecule has 0 amide bonds. The number of carboxylic acids is 1. The maximum Gasteiger partial charge on any atom is 0.490 e. The quantitative estimate of drug-likeness (QED) is 0.687. The fourth-order valence-electron chi connectivity index (χ4n) is 0.855. The van der Waals surface area contributed by atoms with E-state index >= 15 is 0 Å². The van der Waals surface area contributed by atoms with E-state index in [0.29, 0.717) is 19.4 Å². The van der Waals surface area contributed by atoms with Gasteiger partial charge in [-0.2, -0.15) is 13.2 Å². The van der Waals surface area contributed by atoms with E-state index in [2.05, 4.69) is 10.1 Å². The van der Waals surface area contributed by atoms with E-state index in [-0.39, 0.29) is 0 Å². The molecule has 0 saturated carbocycles. The van der Waals surface area contributed by atoms with Crippen LogP contribution in [0.3, 0.4) is 0 Å². The number of methoxy groups -OCH3 is 1. The van der Waals surface area contributed by atoms with Crippen molar-refractivity contribution in [3.8, 4) is 0 Å². The first kappa shape index (κ1) is 14.7. The highest BCUT2D eigenvalue weighted by atomic mass is 19.4. The molecule has 1 fully saturated rings. The van der Waals surface area contributed by atoms with Crippen molar-refractivity contribution in [2.24, 2.45) is 5.92 Å². The number of hydrogen-bond acceptors (Lipinski definition) is 4. The standard InChI is InChI=1S/C5H9NO2.C3H3F3O2/c7-5(8)1-4-2-6-3-4;1-8-2(7)3(4,5)6/h4,6H,1-3H2,(H,7,8);1H3. The van der Waals surface area contributed by atoms with E-state index in [1.54, 1.807) is 0 Å². The Hall–Kier alpha value is -1.31. The first-order valence-corrected chi connectivity index (χ1v) is 4.35. The molecule has 1 aliphatic heterocycles. The summed E-state index contributed by atoms with van der Waals surface area (Å²) in [5.41, 5.74) is 0. The number of nitrogens with one attached hydrogen (secondary N) is 1. The van der Waals surface area contributed by atoms with Gasteiger partial charge in [0, 0.05) is 0 Å². The second-order valence-electron chi connectivity index (χ2n) is 3.11. The Balaban J connectivity index is 0.000000281. The van der Waals surface area contributed by atoms with E-state index in [1.165, 1.54) is 0 Å². The Morgan fingerprint density at radius 1 is 1.44 bits per heavy atom. The molecular weight excluding hydrogens is 231 g/mol. The molecule has 94 valence electrons. The number of carbonyl (C=O) groups is 2. The highest BCUT2D eigenvalue weighted by Crippen LogP contribution is 2.15. The zero-order valence-electron chi connectivity index (χ0n) is 8.50. The van der Waals surface area contributed by atoms with Crippen LogP contribution < -0.4 is 5.32 Å². The predicted molar refractivity (Wildman–Crippen MR) is 46.7 cm³/mol. The zero-order valence-corrected chi connectivity index (χ0v) is 8.50. The molecule has 0 aliphatic carbocycles. The van der Waals surface area contributed by atoms with E-state index < -0.39 is 18.1 Å². The third kappa shape index (κ3) is 6.23. The van der Waals surface area contributed by atoms with Crippen LogP contribution in [0, 0.1) is 5.92 Å². The largest absolute Gasteiger partial charge is 0.490 e. The Labute approximate surface area is 89.6 Å². The van der Waals surface area contributed by atoms with Crippen molar-refractivity contribution in [3.63, 3.8) is 0 Å². The number of ether oxygens (including phenoxy) is 1. The normalized spacial score (nSPS) is 15.5. The van der Waals surface area contributed by atoms with Gasteiger partial charge in [-0.3, -0.25) is 4.79 Å². The van der Waals surface area contributed by atoms with Crippen LogP contribution in [-0.4, -0.2) is 43.4 Å². The summed E-state index contributed by atoms with van der Waals surface area (Å²) in [6.45, 7) is 1.76. The molecule has 8 heteroatoms. The molecule has 0 unspecified atom stereocenters. The summed E-state index contributed by atoms with van der Waals surface area (Å²) >= 11 is 0. The first-order valence-electron chi connectivity index (χ1n) is 4.35. The summed E-state index contributed by atoms with van der Waals surface area (Å²) in [4.78, 5) is 19.5. The maximum absolute atomic E-state index is 11.0. The summed E-state index contributed by atoms with van der Waals surface area (Å²) in [6, 6.07) is 0. The average molecular weight is 243 g/mol. The number of carbonyl (C=O) groups excluding carboxylic acids is 1. The third-order valence-corrected chi connectivity index (χ3v) is 1.75. The number of esters is 1. The van der Waals surface area contributed by atoms with Crippen LogP contribution >= 0.6 is 0 Å². The van der Waals surface area contributed by atoms with Crippen LogP contribution in [0.25, 0.3) is 0 Å². The predicted octanol–water partition coefficient (Wildman–Crippen LogP) is 0.402. The molecule has 2 N–H and O–H groups in total. The van der Waals surface area contributed by atoms with Gasteiger partial charge in [0.2, 0.25) is 0 Å². The lowest BCUT2D eigenvalue weighted by atomic mass is 10.00. The molecule has 0 aromatic heterocycles. The molecule has 0 atom stereocenters. The van der Waals surface area contributed by atoms with Crippen LogP contribution in [0.2, 0.25) is 0 Å². The lowest BCUT2D eigenvalue weighted by Crippen LogP contribution is -2.42. The molecule has 0 spiro atoms. The maximum atomic E-state index is 11.0. The highest BCUT2D eigenvalue weighted by Gasteiger charge is 2.39. The molecule has 0 aromatic carbocycles. The van der Waals surface area contributed by atoms with E-state index in [1.807, 2.05) is 0 Å². The topological polar surface area (TPSA) is 75.6 Å². The van der Waals surface area contributed by atoms with Crippen LogP contribution in [0.15, 0.2) is 0 Å². The number of halogens is 3. The van der Waals surface area contributed by atoms with Crippen molar-refractivity contribution in [1.29, 1.82) is 0 Å². The Kier molecular flexibility index (Phi) is 5.79. The lowest BCUT2D eigenvalue weighted by molar-refractivity contribution is -0.196. The SMILES string of the molecule is COC(=O)C(F)(F)F.O=C(O)CC1CNC1. The third-order valence-electron chi connectivity index (χ3n) is 1.75. The zero-order chi connectivity index (χ0) is 12.8. The van der Waals surface area contributed by atoms with Crippen molar-refractivity contribution in [1.82, 2.24) is 5.32 Å². The van der Waals surface area contributed by atoms with Crippen molar-refractivity contribution in [2.45, 2.75) is 12.6 Å². The van der Waals surface area contributed by atoms with Gasteiger partial charge >= 0.3 is 18.1 Å². The van der Waals surface area contributed by atoms with Gasteiger partial charge in [0.05, 0.1) is 13.5 Å². The van der Waals surface area contributed by atoms with Crippen molar-refractivity contribution in [2.75, 3.05) is 20.2 Å². The fourth-order valence-corrected chi connectivity index (χ4v) is 0.855. The van der Waals surface area contributed by atoms with Crippen molar-refractivity contribution >= 4 is 11.9 Å². The monoisotopic (exact) mass is 243 g/mol. The lowest BCUT2D eigenvalue weighted by Gasteiger charge is -2.24. The molecule has 1 aliphatic rings. The molecule has 0 bridgehead atoms. The van der Waals surface area contributed by atoms with Gasteiger partial charge in [-0.25, -0.2) is 4.79 Å². The van der Waals surface area contributed by atoms with Crippen LogP contribution in [0.4, 0.5) is 13.2 Å². The molecule has 1 heterocycles. The van der Waals surface area contributed by atoms with Crippen LogP contribution in [0.1, 0.15) is 6.42 Å². The van der Waals surface area contributed by atoms with Crippen molar-refractivity contribution < 1.29 is 32.6 Å². The van der Waals surface area contributed by atoms with E-state index in [9.17, 15) is 22.8 Å². The van der Waals surface area contributed by atoms with Gasteiger partial charge in [0.15, 0.2) is 0 Å². The average Bonchev–Trinajstić information content (AvgIpc) is 2.09. The summed E-state index contributed by atoms with van der Waals surface area (Å²) in [6.07, 6.45) is -4.53. The molecule has 16 heavy (non-hydrogen) atoms. The minimum absolute atomic E-state index is 0.326. The minimum Gasteiger partial charge on any atom is -0.481 e. The van der Waals surface area contributed by atoms with Gasteiger partial charge in [0.25, 0.3) is 0 Å². The van der Waals surface area contributed by atoms with Gasteiger partial charge in [-0.1, -0.05) is 0 Å². The summed E-state index contributed by atoms with van der Waals surface area (Å²) in [5, 5.41) is 11.2. The molecule has 1 rings (SSSR count). The number of rotatable bonds is 2. The molecule has 1 saturated heterocycles. The van der Waals surface area contributed by atoms with Crippen molar-refractivity contribution in [3.05, 3.63) is 0 Å². The number of aliphatic carboxylic acids is 1. The minimum atomic E-state index is -4.85. The molecule has 0 radical (unpaired) electrons. The smallest absolute Gasteiger partial charge is 0.481 e. The Morgan fingerprint density at radius 2 is 1.94 bits per heavy atom. The summed E-state index contributed by atoms with van der Waals surface area (Å²) in [7, 11) is 0.676. The second kappa shape index (κ2) is 6.31. The number of alkyl halides is 3. The highest BCUT2D eigenvalue weighted by molar-refractivity contribution is 5.75. The molecular formula is C8H12F3NO4. The van der Waals surface area contributed by atoms with Gasteiger partial charge in [-0.05, 0) is 19.0 Å². The second-order valence-corrected chi connectivity index (χ2v) is 3.11. The van der Waals surface area contributed by atoms with E-state index in [0.717, 1.165) is 13.1 Å². The van der Waals surface area contributed by atoms with Gasteiger partial charge < -0.3 is 15.2 Å². The van der Waals surface area contributed by atoms with Gasteiger partial charge in [0.1, 0.15) is 0 Å². The van der Waals surface area contributed by atoms with Gasteiger partial charge in [-0.15, -0.1) is 0 Å². The number of carboxylic acid groups (broad SMARTS) is 1. The Bertz CT molecular complexity index is 250. The summed E-state index contributed by atoms with van der Waals surface area (Å²) in [5.74, 6) is -2.46. The Morgan fingerprint density at radius 3 is 2.00 bits per heavy atom.